The first kappa shape index (κ1) is 20.3. The van der Waals surface area contributed by atoms with Gasteiger partial charge in [-0.15, -0.1) is 0 Å². The molecule has 0 spiro atoms. The SMILES string of the molecule is CC1=C[C](C)([Zr+2][C]2(C)C=C(C)C=C2C)C(C)=C1.[I-].[I-]. The van der Waals surface area contributed by atoms with E-state index < -0.39 is 23.2 Å². The Kier molecular flexibility index (Phi) is 7.53. The monoisotopic (exact) mass is 558 g/mol. The van der Waals surface area contributed by atoms with Crippen LogP contribution in [-0.4, -0.2) is 0 Å². The van der Waals surface area contributed by atoms with E-state index in [0.29, 0.717) is 6.25 Å². The molecule has 0 saturated heterocycles. The van der Waals surface area contributed by atoms with Crippen molar-refractivity contribution in [3.63, 3.8) is 0 Å². The quantitative estimate of drug-likeness (QED) is 0.391. The van der Waals surface area contributed by atoms with E-state index in [4.69, 9.17) is 0 Å². The van der Waals surface area contributed by atoms with Gasteiger partial charge in [-0.05, 0) is 0 Å². The summed E-state index contributed by atoms with van der Waals surface area (Å²) in [6.45, 7) is 14.0. The Morgan fingerprint density at radius 1 is 0.737 bits per heavy atom. The molecule has 0 aromatic rings. The standard InChI is InChI=1S/2C8H11.2HI.Zr/c2*1-6-4-7(2)8(3)5-6;;;/h2*4-5H,1-3H3;2*1H;/q;;;;+2/p-2. The number of hydrogen-bond acceptors (Lipinski definition) is 0. The van der Waals surface area contributed by atoms with E-state index in [2.05, 4.69) is 65.8 Å². The Balaban J connectivity index is 0.00000162. The van der Waals surface area contributed by atoms with Crippen molar-refractivity contribution in [3.05, 3.63) is 46.6 Å². The zero-order valence-corrected chi connectivity index (χ0v) is 19.3. The summed E-state index contributed by atoms with van der Waals surface area (Å²) >= 11 is -0.603. The minimum Gasteiger partial charge on any atom is -1.00 e. The van der Waals surface area contributed by atoms with Crippen molar-refractivity contribution < 1.29 is 71.2 Å². The zero-order chi connectivity index (χ0) is 12.8. The fraction of sp³-hybridized carbons (Fsp3) is 0.500. The van der Waals surface area contributed by atoms with Crippen LogP contribution in [0.25, 0.3) is 0 Å². The summed E-state index contributed by atoms with van der Waals surface area (Å²) in [7, 11) is 0. The van der Waals surface area contributed by atoms with Crippen molar-refractivity contribution in [1.29, 1.82) is 0 Å². The molecule has 0 radical (unpaired) electrons. The van der Waals surface area contributed by atoms with Gasteiger partial charge in [-0.1, -0.05) is 0 Å². The van der Waals surface area contributed by atoms with Crippen molar-refractivity contribution in [1.82, 2.24) is 0 Å². The molecule has 0 heterocycles. The van der Waals surface area contributed by atoms with E-state index in [1.807, 2.05) is 0 Å². The van der Waals surface area contributed by atoms with Gasteiger partial charge in [0.05, 0.1) is 0 Å². The summed E-state index contributed by atoms with van der Waals surface area (Å²) in [6.07, 6.45) is 9.76. The molecule has 2 aliphatic carbocycles. The number of allylic oxidation sites excluding steroid dienone is 8. The molecule has 0 amide bonds. The molecule has 0 aromatic carbocycles. The van der Waals surface area contributed by atoms with Crippen molar-refractivity contribution in [2.24, 2.45) is 0 Å². The van der Waals surface area contributed by atoms with Gasteiger partial charge in [-0.3, -0.25) is 0 Å². The summed E-state index contributed by atoms with van der Waals surface area (Å²) in [5.74, 6) is 0. The molecular formula is C16H22I2Zr. The Morgan fingerprint density at radius 2 is 1.05 bits per heavy atom. The first-order valence-corrected chi connectivity index (χ1v) is 8.77. The third-order valence-electron chi connectivity index (χ3n) is 4.08. The maximum atomic E-state index is 2.51. The van der Waals surface area contributed by atoms with Gasteiger partial charge >= 0.3 is 118 Å². The van der Waals surface area contributed by atoms with Crippen LogP contribution in [0, 0.1) is 0 Å². The van der Waals surface area contributed by atoms with E-state index >= 15 is 0 Å². The smallest absolute Gasteiger partial charge is 1.00 e. The van der Waals surface area contributed by atoms with Gasteiger partial charge in [0.2, 0.25) is 0 Å². The summed E-state index contributed by atoms with van der Waals surface area (Å²) in [6, 6.07) is 0. The van der Waals surface area contributed by atoms with Gasteiger partial charge in [0.15, 0.2) is 0 Å². The maximum absolute atomic E-state index is 2.51. The maximum Gasteiger partial charge on any atom is -1.00 e. The van der Waals surface area contributed by atoms with Gasteiger partial charge in [0, 0.05) is 0 Å². The first-order valence-electron chi connectivity index (χ1n) is 6.31. The van der Waals surface area contributed by atoms with Crippen LogP contribution in [0.5, 0.6) is 0 Å². The first-order chi connectivity index (χ1) is 7.75. The molecule has 2 rings (SSSR count). The molecule has 2 aliphatic rings. The second-order valence-electron chi connectivity index (χ2n) is 5.96. The van der Waals surface area contributed by atoms with Gasteiger partial charge in [0.25, 0.3) is 0 Å². The largest absolute Gasteiger partial charge is 1.00 e. The van der Waals surface area contributed by atoms with Crippen LogP contribution in [0.2, 0.25) is 6.25 Å². The van der Waals surface area contributed by atoms with Crippen molar-refractivity contribution in [3.8, 4) is 0 Å². The van der Waals surface area contributed by atoms with Crippen molar-refractivity contribution in [2.45, 2.75) is 47.8 Å². The van der Waals surface area contributed by atoms with E-state index in [1.54, 1.807) is 11.1 Å². The average molecular weight is 559 g/mol. The molecule has 0 nitrogen and oxygen atoms in total. The molecule has 104 valence electrons. The van der Waals surface area contributed by atoms with Crippen LogP contribution >= 0.6 is 0 Å². The topological polar surface area (TPSA) is 0 Å². The van der Waals surface area contributed by atoms with Crippen LogP contribution in [0.4, 0.5) is 0 Å². The predicted octanol–water partition coefficient (Wildman–Crippen LogP) is -0.753. The van der Waals surface area contributed by atoms with Crippen molar-refractivity contribution in [2.75, 3.05) is 0 Å². The molecular weight excluding hydrogens is 537 g/mol. The van der Waals surface area contributed by atoms with Gasteiger partial charge in [0.1, 0.15) is 0 Å². The third-order valence-corrected chi connectivity index (χ3v) is 9.28. The van der Waals surface area contributed by atoms with Gasteiger partial charge in [-0.25, -0.2) is 0 Å². The van der Waals surface area contributed by atoms with Crippen LogP contribution in [-0.2, 0) is 23.2 Å². The molecule has 0 fully saturated rings. The van der Waals surface area contributed by atoms with E-state index in [1.165, 1.54) is 11.1 Å². The number of rotatable bonds is 2. The normalized spacial score (nSPS) is 32.3. The number of hydrogen-bond donors (Lipinski definition) is 0. The van der Waals surface area contributed by atoms with Crippen LogP contribution < -0.4 is 48.0 Å². The summed E-state index contributed by atoms with van der Waals surface area (Å²) in [5, 5.41) is 0. The molecule has 2 atom stereocenters. The summed E-state index contributed by atoms with van der Waals surface area (Å²) in [4.78, 5) is 0. The minimum atomic E-state index is -0.603. The second-order valence-corrected chi connectivity index (χ2v) is 11.7. The average Bonchev–Trinajstić information content (AvgIpc) is 2.51. The molecule has 0 saturated carbocycles. The van der Waals surface area contributed by atoms with Crippen LogP contribution in [0.15, 0.2) is 46.6 Å². The fourth-order valence-electron chi connectivity index (χ4n) is 3.01. The molecule has 19 heavy (non-hydrogen) atoms. The third kappa shape index (κ3) is 4.15. The molecule has 0 N–H and O–H groups in total. The van der Waals surface area contributed by atoms with Crippen molar-refractivity contribution >= 4 is 0 Å². The molecule has 0 bridgehead atoms. The molecule has 0 aromatic heterocycles. The molecule has 3 heteroatoms. The second kappa shape index (κ2) is 7.04. The van der Waals surface area contributed by atoms with Crippen LogP contribution in [0.1, 0.15) is 41.5 Å². The summed E-state index contributed by atoms with van der Waals surface area (Å²) in [5.41, 5.74) is 6.06. The Hall–Kier alpha value is 1.30. The van der Waals surface area contributed by atoms with E-state index in [-0.39, 0.29) is 48.0 Å². The van der Waals surface area contributed by atoms with Gasteiger partial charge in [-0.2, -0.15) is 0 Å². The van der Waals surface area contributed by atoms with Crippen LogP contribution in [0.3, 0.4) is 0 Å². The predicted molar refractivity (Wildman–Crippen MR) is 71.8 cm³/mol. The van der Waals surface area contributed by atoms with E-state index in [9.17, 15) is 0 Å². The number of halogens is 2. The minimum absolute atomic E-state index is 0. The zero-order valence-electron chi connectivity index (χ0n) is 12.6. The van der Waals surface area contributed by atoms with E-state index in [0.717, 1.165) is 0 Å². The molecule has 2 unspecified atom stereocenters. The Bertz CT molecular complexity index is 441. The fourth-order valence-corrected chi connectivity index (χ4v) is 8.46. The van der Waals surface area contributed by atoms with Gasteiger partial charge < -0.3 is 48.0 Å². The summed E-state index contributed by atoms with van der Waals surface area (Å²) < 4.78 is 0.802. The Labute approximate surface area is 163 Å². The Morgan fingerprint density at radius 3 is 1.26 bits per heavy atom. The molecule has 0 aliphatic heterocycles.